The molecule has 1 aliphatic rings. The molecule has 1 heterocycles. The second-order valence-corrected chi connectivity index (χ2v) is 6.15. The fourth-order valence-electron chi connectivity index (χ4n) is 2.42. The van der Waals surface area contributed by atoms with Gasteiger partial charge in [-0.15, -0.1) is 0 Å². The highest BCUT2D eigenvalue weighted by molar-refractivity contribution is 6.01. The van der Waals surface area contributed by atoms with Gasteiger partial charge in [-0.2, -0.15) is 5.26 Å². The van der Waals surface area contributed by atoms with Crippen molar-refractivity contribution >= 4 is 12.0 Å². The number of fused-ring (bicyclic) bond motifs is 1. The molecule has 0 unspecified atom stereocenters. The molecule has 4 nitrogen and oxygen atoms in total. The summed E-state index contributed by atoms with van der Waals surface area (Å²) in [5, 5.41) is 11.9. The highest BCUT2D eigenvalue weighted by Crippen LogP contribution is 2.33. The molecule has 1 amide bonds. The van der Waals surface area contributed by atoms with E-state index in [2.05, 4.69) is 19.2 Å². The Kier molecular flexibility index (Phi) is 4.87. The number of nitrogens with one attached hydrogen (secondary N) is 1. The molecule has 1 aliphatic heterocycles. The van der Waals surface area contributed by atoms with E-state index in [1.54, 1.807) is 6.08 Å². The number of nitrogens with zero attached hydrogens (tertiary/aromatic N) is 1. The molecular weight excluding hydrogens is 276 g/mol. The highest BCUT2D eigenvalue weighted by Gasteiger charge is 2.26. The minimum absolute atomic E-state index is 0.130. The molecule has 0 atom stereocenters. The third-order valence-corrected chi connectivity index (χ3v) is 3.68. The largest absolute Gasteiger partial charge is 0.488 e. The quantitative estimate of drug-likeness (QED) is 0.685. The predicted molar refractivity (Wildman–Crippen MR) is 86.4 cm³/mol. The van der Waals surface area contributed by atoms with Crippen LogP contribution in [0.2, 0.25) is 0 Å². The third kappa shape index (κ3) is 3.88. The van der Waals surface area contributed by atoms with E-state index in [-0.39, 0.29) is 17.1 Å². The Morgan fingerprint density at radius 3 is 2.95 bits per heavy atom. The van der Waals surface area contributed by atoms with E-state index < -0.39 is 0 Å². The first kappa shape index (κ1) is 16.1. The number of hydrogen-bond donors (Lipinski definition) is 1. The van der Waals surface area contributed by atoms with Crippen LogP contribution in [0.15, 0.2) is 23.8 Å². The molecule has 0 spiro atoms. The maximum Gasteiger partial charge on any atom is 0.261 e. The third-order valence-electron chi connectivity index (χ3n) is 3.68. The number of hydrogen-bond acceptors (Lipinski definition) is 3. The van der Waals surface area contributed by atoms with Crippen molar-refractivity contribution < 1.29 is 9.53 Å². The van der Waals surface area contributed by atoms with Crippen LogP contribution in [0.5, 0.6) is 5.75 Å². The summed E-state index contributed by atoms with van der Waals surface area (Å²) in [7, 11) is 0. The Morgan fingerprint density at radius 2 is 2.27 bits per heavy atom. The van der Waals surface area contributed by atoms with Crippen molar-refractivity contribution in [2.24, 2.45) is 0 Å². The summed E-state index contributed by atoms with van der Waals surface area (Å²) >= 11 is 0. The second-order valence-electron chi connectivity index (χ2n) is 6.15. The van der Waals surface area contributed by atoms with Gasteiger partial charge in [0.05, 0.1) is 0 Å². The summed E-state index contributed by atoms with van der Waals surface area (Å²) in [6.07, 6.45) is 4.37. The molecule has 4 heteroatoms. The Labute approximate surface area is 131 Å². The SMILES string of the molecule is CCCNC(=O)/C(C#N)=C\c1ccc2c(c1)CCC(C)(C)O2. The Balaban J connectivity index is 2.21. The van der Waals surface area contributed by atoms with Crippen molar-refractivity contribution in [2.75, 3.05) is 6.54 Å². The molecule has 0 fully saturated rings. The number of aryl methyl sites for hydroxylation is 1. The van der Waals surface area contributed by atoms with Crippen molar-refractivity contribution in [1.82, 2.24) is 5.32 Å². The van der Waals surface area contributed by atoms with Crippen molar-refractivity contribution in [3.8, 4) is 11.8 Å². The molecule has 0 aromatic heterocycles. The van der Waals surface area contributed by atoms with Crippen LogP contribution in [0.4, 0.5) is 0 Å². The first-order valence-electron chi connectivity index (χ1n) is 7.67. The minimum Gasteiger partial charge on any atom is -0.488 e. The van der Waals surface area contributed by atoms with Crippen molar-refractivity contribution in [1.29, 1.82) is 5.26 Å². The molecule has 1 N–H and O–H groups in total. The molecule has 22 heavy (non-hydrogen) atoms. The molecule has 0 aliphatic carbocycles. The summed E-state index contributed by atoms with van der Waals surface area (Å²) in [5.41, 5.74) is 1.97. The number of amides is 1. The zero-order chi connectivity index (χ0) is 16.2. The zero-order valence-corrected chi connectivity index (χ0v) is 13.4. The maximum atomic E-state index is 11.9. The van der Waals surface area contributed by atoms with E-state index >= 15 is 0 Å². The predicted octanol–water partition coefficient (Wildman–Crippen LogP) is 3.22. The standard InChI is InChI=1S/C18H22N2O2/c1-4-9-20-17(21)15(12-19)11-13-5-6-16-14(10-13)7-8-18(2,3)22-16/h5-6,10-11H,4,7-9H2,1-3H3,(H,20,21)/b15-11-. The maximum absolute atomic E-state index is 11.9. The summed E-state index contributed by atoms with van der Waals surface area (Å²) in [5.74, 6) is 0.571. The molecule has 0 bridgehead atoms. The molecule has 1 aromatic carbocycles. The minimum atomic E-state index is -0.320. The van der Waals surface area contributed by atoms with Crippen molar-refractivity contribution in [2.45, 2.75) is 45.6 Å². The first-order valence-corrected chi connectivity index (χ1v) is 7.67. The average molecular weight is 298 g/mol. The number of carbonyl (C=O) groups is 1. The van der Waals surface area contributed by atoms with Gasteiger partial charge in [0.25, 0.3) is 5.91 Å². The summed E-state index contributed by atoms with van der Waals surface area (Å²) < 4.78 is 5.94. The fraction of sp³-hybridized carbons (Fsp3) is 0.444. The number of rotatable bonds is 4. The van der Waals surface area contributed by atoms with Gasteiger partial charge in [0.15, 0.2) is 0 Å². The van der Waals surface area contributed by atoms with Gasteiger partial charge < -0.3 is 10.1 Å². The molecule has 116 valence electrons. The Morgan fingerprint density at radius 1 is 1.50 bits per heavy atom. The fourth-order valence-corrected chi connectivity index (χ4v) is 2.42. The van der Waals surface area contributed by atoms with Crippen molar-refractivity contribution in [3.05, 3.63) is 34.9 Å². The van der Waals surface area contributed by atoms with Crippen LogP contribution in [0.1, 0.15) is 44.7 Å². The lowest BCUT2D eigenvalue weighted by atomic mass is 9.93. The van der Waals surface area contributed by atoms with Gasteiger partial charge in [0.2, 0.25) is 0 Å². The van der Waals surface area contributed by atoms with Gasteiger partial charge in [0, 0.05) is 6.54 Å². The van der Waals surface area contributed by atoms with Gasteiger partial charge in [-0.05, 0) is 62.4 Å². The van der Waals surface area contributed by atoms with Crippen LogP contribution >= 0.6 is 0 Å². The number of carbonyl (C=O) groups excluding carboxylic acids is 1. The monoisotopic (exact) mass is 298 g/mol. The van der Waals surface area contributed by atoms with Gasteiger partial charge in [0.1, 0.15) is 23.0 Å². The van der Waals surface area contributed by atoms with Gasteiger partial charge in [-0.25, -0.2) is 0 Å². The van der Waals surface area contributed by atoms with Crippen LogP contribution < -0.4 is 10.1 Å². The lowest BCUT2D eigenvalue weighted by molar-refractivity contribution is -0.117. The molecule has 0 saturated heterocycles. The lowest BCUT2D eigenvalue weighted by Gasteiger charge is -2.32. The van der Waals surface area contributed by atoms with E-state index in [0.717, 1.165) is 36.1 Å². The van der Waals surface area contributed by atoms with Gasteiger partial charge in [-0.1, -0.05) is 13.0 Å². The van der Waals surface area contributed by atoms with E-state index in [1.165, 1.54) is 0 Å². The highest BCUT2D eigenvalue weighted by atomic mass is 16.5. The number of benzene rings is 1. The summed E-state index contributed by atoms with van der Waals surface area (Å²) in [6.45, 7) is 6.71. The topological polar surface area (TPSA) is 62.1 Å². The summed E-state index contributed by atoms with van der Waals surface area (Å²) in [6, 6.07) is 7.76. The average Bonchev–Trinajstić information content (AvgIpc) is 2.49. The first-order chi connectivity index (χ1) is 10.4. The normalized spacial score (nSPS) is 16.2. The van der Waals surface area contributed by atoms with Crippen LogP contribution in [0, 0.1) is 11.3 Å². The molecular formula is C18H22N2O2. The van der Waals surface area contributed by atoms with E-state index in [1.807, 2.05) is 31.2 Å². The number of ether oxygens (including phenoxy) is 1. The smallest absolute Gasteiger partial charge is 0.261 e. The Hall–Kier alpha value is -2.28. The van der Waals surface area contributed by atoms with E-state index in [4.69, 9.17) is 10.00 Å². The second kappa shape index (κ2) is 6.65. The molecule has 0 radical (unpaired) electrons. The lowest BCUT2D eigenvalue weighted by Crippen LogP contribution is -2.32. The number of nitriles is 1. The zero-order valence-electron chi connectivity index (χ0n) is 13.4. The van der Waals surface area contributed by atoms with Gasteiger partial charge >= 0.3 is 0 Å². The van der Waals surface area contributed by atoms with Crippen molar-refractivity contribution in [3.63, 3.8) is 0 Å². The van der Waals surface area contributed by atoms with E-state index in [0.29, 0.717) is 6.54 Å². The molecule has 0 saturated carbocycles. The van der Waals surface area contributed by atoms with Crippen LogP contribution in [-0.4, -0.2) is 18.1 Å². The van der Waals surface area contributed by atoms with E-state index in [9.17, 15) is 4.79 Å². The van der Waals surface area contributed by atoms with Crippen LogP contribution in [0.3, 0.4) is 0 Å². The van der Waals surface area contributed by atoms with Crippen LogP contribution in [-0.2, 0) is 11.2 Å². The van der Waals surface area contributed by atoms with Gasteiger partial charge in [-0.3, -0.25) is 4.79 Å². The molecule has 1 aromatic rings. The molecule has 2 rings (SSSR count). The van der Waals surface area contributed by atoms with Crippen LogP contribution in [0.25, 0.3) is 6.08 Å². The summed E-state index contributed by atoms with van der Waals surface area (Å²) in [4.78, 5) is 11.9. The Bertz CT molecular complexity index is 639.